The third-order valence-corrected chi connectivity index (χ3v) is 7.64. The minimum Gasteiger partial charge on any atom is -0.121 e. The number of fused-ring (bicyclic) bond motifs is 1. The Balaban J connectivity index is 1.64. The molecule has 3 aliphatic rings. The van der Waals surface area contributed by atoms with Crippen LogP contribution in [0.25, 0.3) is 0 Å². The maximum Gasteiger partial charge on any atom is 0.0576 e. The molecule has 124 valence electrons. The van der Waals surface area contributed by atoms with Crippen molar-refractivity contribution in [2.45, 2.75) is 34.3 Å². The normalized spacial score (nSPS) is 26.2. The second-order valence-corrected chi connectivity index (χ2v) is 8.81. The van der Waals surface area contributed by atoms with Gasteiger partial charge in [0.1, 0.15) is 0 Å². The fourth-order valence-electron chi connectivity index (χ4n) is 4.47. The zero-order chi connectivity index (χ0) is 17.0. The maximum absolute atomic E-state index is 7.10. The van der Waals surface area contributed by atoms with Gasteiger partial charge in [0, 0.05) is 22.0 Å². The predicted molar refractivity (Wildman–Crippen MR) is 107 cm³/mol. The Morgan fingerprint density at radius 3 is 1.68 bits per heavy atom. The summed E-state index contributed by atoms with van der Waals surface area (Å²) in [6, 6.07) is 26.6. The maximum atomic E-state index is 7.10. The van der Waals surface area contributed by atoms with E-state index in [-0.39, 0.29) is 5.38 Å². The third-order valence-electron chi connectivity index (χ3n) is 5.59. The molecular formula is C23H19ClS. The van der Waals surface area contributed by atoms with Gasteiger partial charge in [-0.05, 0) is 41.3 Å². The first kappa shape index (κ1) is 15.5. The Morgan fingerprint density at radius 1 is 0.680 bits per heavy atom. The Bertz CT molecular complexity index is 883. The molecule has 0 nitrogen and oxygen atoms in total. The molecule has 25 heavy (non-hydrogen) atoms. The van der Waals surface area contributed by atoms with Crippen molar-refractivity contribution < 1.29 is 0 Å². The van der Waals surface area contributed by atoms with Gasteiger partial charge in [-0.3, -0.25) is 0 Å². The summed E-state index contributed by atoms with van der Waals surface area (Å²) in [6.07, 6.45) is 0. The molecule has 0 heterocycles. The van der Waals surface area contributed by atoms with E-state index in [1.807, 2.05) is 11.8 Å². The first-order valence-electron chi connectivity index (χ1n) is 8.79. The number of rotatable bonds is 2. The summed E-state index contributed by atoms with van der Waals surface area (Å²) >= 11 is 9.03. The van der Waals surface area contributed by atoms with Crippen LogP contribution in [0, 0.1) is 6.92 Å². The van der Waals surface area contributed by atoms with Gasteiger partial charge in [0.15, 0.2) is 0 Å². The molecule has 0 N–H and O–H groups in total. The van der Waals surface area contributed by atoms with Gasteiger partial charge in [-0.1, -0.05) is 66.2 Å². The molecule has 0 amide bonds. The Hall–Kier alpha value is -1.70. The molecule has 2 heteroatoms. The second-order valence-electron chi connectivity index (χ2n) is 7.05. The number of hydrogen-bond acceptors (Lipinski definition) is 1. The van der Waals surface area contributed by atoms with Gasteiger partial charge in [-0.2, -0.15) is 0 Å². The average Bonchev–Trinajstić information content (AvgIpc) is 2.65. The lowest BCUT2D eigenvalue weighted by Gasteiger charge is -2.48. The van der Waals surface area contributed by atoms with Crippen LogP contribution < -0.4 is 0 Å². The fraction of sp³-hybridized carbons (Fsp3) is 0.217. The summed E-state index contributed by atoms with van der Waals surface area (Å²) in [5, 5.41) is 0.472. The smallest absolute Gasteiger partial charge is 0.0576 e. The molecule has 0 saturated heterocycles. The van der Waals surface area contributed by atoms with E-state index in [4.69, 9.17) is 11.6 Å². The molecule has 3 aromatic rings. The summed E-state index contributed by atoms with van der Waals surface area (Å²) in [7, 11) is 0. The SMILES string of the molecule is Cc1ccc(SC2C3c4ccccc4C(c4ccccc43)C2Cl)cc1. The number of thioether (sulfide) groups is 1. The summed E-state index contributed by atoms with van der Waals surface area (Å²) in [5.74, 6) is 0.660. The van der Waals surface area contributed by atoms with Crippen molar-refractivity contribution in [3.63, 3.8) is 0 Å². The van der Waals surface area contributed by atoms with Gasteiger partial charge in [-0.25, -0.2) is 0 Å². The van der Waals surface area contributed by atoms with Crippen molar-refractivity contribution in [2.24, 2.45) is 0 Å². The minimum absolute atomic E-state index is 0.112. The van der Waals surface area contributed by atoms with Crippen LogP contribution in [0.2, 0.25) is 0 Å². The summed E-state index contributed by atoms with van der Waals surface area (Å²) in [6.45, 7) is 2.13. The van der Waals surface area contributed by atoms with Crippen LogP contribution in [-0.4, -0.2) is 10.6 Å². The Morgan fingerprint density at radius 2 is 1.16 bits per heavy atom. The van der Waals surface area contributed by atoms with Gasteiger partial charge >= 0.3 is 0 Å². The van der Waals surface area contributed by atoms with Gasteiger partial charge in [-0.15, -0.1) is 23.4 Å². The molecule has 0 aromatic heterocycles. The van der Waals surface area contributed by atoms with E-state index in [1.165, 1.54) is 32.7 Å². The molecule has 2 bridgehead atoms. The van der Waals surface area contributed by atoms with Crippen LogP contribution in [-0.2, 0) is 0 Å². The molecule has 2 atom stereocenters. The van der Waals surface area contributed by atoms with E-state index < -0.39 is 0 Å². The molecule has 0 spiro atoms. The van der Waals surface area contributed by atoms with Crippen molar-refractivity contribution in [3.8, 4) is 0 Å². The third kappa shape index (κ3) is 2.37. The molecule has 0 aliphatic heterocycles. The average molecular weight is 363 g/mol. The van der Waals surface area contributed by atoms with Gasteiger partial charge in [0.05, 0.1) is 5.38 Å². The number of aryl methyl sites for hydroxylation is 1. The molecule has 0 radical (unpaired) electrons. The van der Waals surface area contributed by atoms with Crippen LogP contribution in [0.1, 0.15) is 39.7 Å². The predicted octanol–water partition coefficient (Wildman–Crippen LogP) is 6.35. The number of alkyl halides is 1. The largest absolute Gasteiger partial charge is 0.121 e. The molecule has 2 unspecified atom stereocenters. The van der Waals surface area contributed by atoms with E-state index in [2.05, 4.69) is 79.7 Å². The first-order chi connectivity index (χ1) is 12.2. The van der Waals surface area contributed by atoms with Crippen molar-refractivity contribution in [1.82, 2.24) is 0 Å². The monoisotopic (exact) mass is 362 g/mol. The summed E-state index contributed by atoms with van der Waals surface area (Å²) < 4.78 is 0. The molecular weight excluding hydrogens is 344 g/mol. The lowest BCUT2D eigenvalue weighted by atomic mass is 9.63. The van der Waals surface area contributed by atoms with Gasteiger partial charge < -0.3 is 0 Å². The second kappa shape index (κ2) is 5.93. The van der Waals surface area contributed by atoms with Crippen LogP contribution in [0.15, 0.2) is 77.7 Å². The van der Waals surface area contributed by atoms with E-state index in [9.17, 15) is 0 Å². The van der Waals surface area contributed by atoms with Crippen molar-refractivity contribution in [2.75, 3.05) is 0 Å². The van der Waals surface area contributed by atoms with Crippen LogP contribution in [0.4, 0.5) is 0 Å². The number of hydrogen-bond donors (Lipinski definition) is 0. The van der Waals surface area contributed by atoms with Gasteiger partial charge in [0.25, 0.3) is 0 Å². The summed E-state index contributed by atoms with van der Waals surface area (Å²) in [5.41, 5.74) is 7.08. The zero-order valence-electron chi connectivity index (χ0n) is 14.0. The molecule has 0 fully saturated rings. The lowest BCUT2D eigenvalue weighted by Crippen LogP contribution is -2.42. The fourth-order valence-corrected chi connectivity index (χ4v) is 6.36. The highest BCUT2D eigenvalue weighted by Gasteiger charge is 2.49. The van der Waals surface area contributed by atoms with Crippen LogP contribution in [0.5, 0.6) is 0 Å². The molecule has 3 aliphatic carbocycles. The van der Waals surface area contributed by atoms with Crippen molar-refractivity contribution in [1.29, 1.82) is 0 Å². The number of benzene rings is 3. The standard InChI is InChI=1S/C23H19ClS/c1-14-10-12-15(13-11-14)25-23-21-18-8-4-2-6-16(18)20(22(23)24)17-7-3-5-9-19(17)21/h2-13,20-23H,1H3. The quantitative estimate of drug-likeness (QED) is 0.478. The van der Waals surface area contributed by atoms with E-state index >= 15 is 0 Å². The van der Waals surface area contributed by atoms with Crippen molar-refractivity contribution in [3.05, 3.63) is 101 Å². The number of halogens is 1. The highest BCUT2D eigenvalue weighted by molar-refractivity contribution is 8.00. The summed E-state index contributed by atoms with van der Waals surface area (Å²) in [4.78, 5) is 1.31. The molecule has 3 aromatic carbocycles. The molecule has 6 rings (SSSR count). The zero-order valence-corrected chi connectivity index (χ0v) is 15.6. The van der Waals surface area contributed by atoms with Crippen LogP contribution in [0.3, 0.4) is 0 Å². The molecule has 0 saturated carbocycles. The highest BCUT2D eigenvalue weighted by Crippen LogP contribution is 2.58. The highest BCUT2D eigenvalue weighted by atomic mass is 35.5. The van der Waals surface area contributed by atoms with E-state index in [0.29, 0.717) is 17.1 Å². The Labute approximate surface area is 158 Å². The minimum atomic E-state index is 0.112. The van der Waals surface area contributed by atoms with Gasteiger partial charge in [0.2, 0.25) is 0 Å². The topological polar surface area (TPSA) is 0 Å². The first-order valence-corrected chi connectivity index (χ1v) is 10.1. The van der Waals surface area contributed by atoms with E-state index in [1.54, 1.807) is 0 Å². The Kier molecular flexibility index (Phi) is 3.69. The lowest BCUT2D eigenvalue weighted by molar-refractivity contribution is 0.541. The van der Waals surface area contributed by atoms with E-state index in [0.717, 1.165) is 0 Å². The van der Waals surface area contributed by atoms with Crippen molar-refractivity contribution >= 4 is 23.4 Å². The van der Waals surface area contributed by atoms with Crippen LogP contribution >= 0.6 is 23.4 Å².